The molecule has 0 aliphatic heterocycles. The summed E-state index contributed by atoms with van der Waals surface area (Å²) in [6.07, 6.45) is -0.532. The Morgan fingerprint density at radius 1 is 0.972 bits per heavy atom. The molecule has 0 saturated heterocycles. The Morgan fingerprint density at radius 2 is 1.47 bits per heavy atom. The normalized spacial score (nSPS) is 17.3. The lowest BCUT2D eigenvalue weighted by atomic mass is 9.86. The molecule has 0 saturated carbocycles. The number of halogens is 1. The maximum absolute atomic E-state index is 14.3. The first-order valence-corrected chi connectivity index (χ1v) is 19.6. The van der Waals surface area contributed by atoms with Crippen molar-refractivity contribution in [2.45, 2.75) is 122 Å². The van der Waals surface area contributed by atoms with Gasteiger partial charge >= 0.3 is 0 Å². The van der Waals surface area contributed by atoms with E-state index in [-0.39, 0.29) is 22.2 Å². The molecule has 206 valence electrons. The Hall–Kier alpha value is -0.736. The molecular formula is C27H49FN2O3SSi2. The highest BCUT2D eigenvalue weighted by atomic mass is 32.2. The van der Waals surface area contributed by atoms with Crippen LogP contribution in [-0.4, -0.2) is 38.6 Å². The first-order valence-electron chi connectivity index (χ1n) is 12.6. The van der Waals surface area contributed by atoms with Gasteiger partial charge < -0.3 is 13.4 Å². The van der Waals surface area contributed by atoms with Crippen molar-refractivity contribution in [2.75, 3.05) is 6.61 Å². The summed E-state index contributed by atoms with van der Waals surface area (Å²) in [7, 11) is -4.48. The fraction of sp³-hybridized carbons (Fsp3) is 0.741. The Morgan fingerprint density at radius 3 is 1.89 bits per heavy atom. The van der Waals surface area contributed by atoms with E-state index in [1.54, 1.807) is 6.07 Å². The Kier molecular flexibility index (Phi) is 10.3. The fourth-order valence-corrected chi connectivity index (χ4v) is 6.25. The van der Waals surface area contributed by atoms with Gasteiger partial charge in [0.1, 0.15) is 22.2 Å². The van der Waals surface area contributed by atoms with E-state index in [0.717, 1.165) is 0 Å². The summed E-state index contributed by atoms with van der Waals surface area (Å²) in [5.74, 6) is -0.583. The lowest BCUT2D eigenvalue weighted by molar-refractivity contribution is 0.0417. The molecule has 0 fully saturated rings. The fourth-order valence-electron chi connectivity index (χ4n) is 2.94. The second-order valence-corrected chi connectivity index (χ2v) is 25.5. The van der Waals surface area contributed by atoms with Crippen molar-refractivity contribution in [3.63, 3.8) is 0 Å². The highest BCUT2D eigenvalue weighted by Crippen LogP contribution is 2.42. The van der Waals surface area contributed by atoms with Crippen LogP contribution in [0.4, 0.5) is 4.39 Å². The zero-order valence-electron chi connectivity index (χ0n) is 25.0. The van der Waals surface area contributed by atoms with Crippen LogP contribution in [0.1, 0.15) is 80.4 Å². The third kappa shape index (κ3) is 7.89. The van der Waals surface area contributed by atoms with E-state index < -0.39 is 50.2 Å². The van der Waals surface area contributed by atoms with Gasteiger partial charge in [-0.25, -0.2) is 4.39 Å². The van der Waals surface area contributed by atoms with Crippen LogP contribution in [0.2, 0.25) is 36.3 Å². The van der Waals surface area contributed by atoms with Crippen molar-refractivity contribution in [2.24, 2.45) is 0 Å². The highest BCUT2D eigenvalue weighted by molar-refractivity contribution is 7.90. The first kappa shape index (κ1) is 33.3. The van der Waals surface area contributed by atoms with Crippen LogP contribution in [0.15, 0.2) is 18.2 Å². The summed E-state index contributed by atoms with van der Waals surface area (Å²) in [5.41, 5.74) is -0.436. The first-order chi connectivity index (χ1) is 15.9. The lowest BCUT2D eigenvalue weighted by Crippen LogP contribution is -2.61. The second kappa shape index (κ2) is 11.2. The summed E-state index contributed by atoms with van der Waals surface area (Å²) in [4.78, 5) is 0. The van der Waals surface area contributed by atoms with E-state index in [1.165, 1.54) is 12.1 Å². The van der Waals surface area contributed by atoms with E-state index in [4.69, 9.17) is 8.85 Å². The molecule has 36 heavy (non-hydrogen) atoms. The van der Waals surface area contributed by atoms with Crippen molar-refractivity contribution >= 4 is 28.0 Å². The highest BCUT2D eigenvalue weighted by Gasteiger charge is 2.50. The van der Waals surface area contributed by atoms with Gasteiger partial charge in [0, 0.05) is 11.4 Å². The van der Waals surface area contributed by atoms with Crippen molar-refractivity contribution in [3.8, 4) is 6.07 Å². The summed E-state index contributed by atoms with van der Waals surface area (Å²) in [6, 6.07) is 6.43. The molecule has 1 aromatic rings. The van der Waals surface area contributed by atoms with Crippen molar-refractivity contribution in [3.05, 3.63) is 35.1 Å². The molecule has 0 unspecified atom stereocenters. The lowest BCUT2D eigenvalue weighted by Gasteiger charge is -2.47. The molecule has 0 aromatic heterocycles. The zero-order valence-corrected chi connectivity index (χ0v) is 27.8. The summed E-state index contributed by atoms with van der Waals surface area (Å²) in [6.45, 7) is 29.8. The molecule has 0 aliphatic rings. The smallest absolute Gasteiger partial charge is 0.192 e. The van der Waals surface area contributed by atoms with E-state index >= 15 is 0 Å². The van der Waals surface area contributed by atoms with Gasteiger partial charge in [0.05, 0.1) is 18.3 Å². The third-order valence-electron chi connectivity index (χ3n) is 7.84. The minimum Gasteiger partial charge on any atom is -0.598 e. The summed E-state index contributed by atoms with van der Waals surface area (Å²) >= 11 is -1.47. The maximum Gasteiger partial charge on any atom is 0.192 e. The quantitative estimate of drug-likeness (QED) is 0.254. The Balaban J connectivity index is 3.78. The summed E-state index contributed by atoms with van der Waals surface area (Å²) in [5, 5.41) is 9.46. The molecule has 1 aromatic carbocycles. The molecule has 0 bridgehead atoms. The average Bonchev–Trinajstić information content (AvgIpc) is 2.68. The van der Waals surface area contributed by atoms with Crippen LogP contribution in [0.3, 0.4) is 0 Å². The van der Waals surface area contributed by atoms with E-state index in [0.29, 0.717) is 5.56 Å². The minimum absolute atomic E-state index is 0.00354. The molecule has 9 heteroatoms. The summed E-state index contributed by atoms with van der Waals surface area (Å²) < 4.78 is 44.3. The number of benzene rings is 1. The number of nitrogens with zero attached hydrogens (tertiary/aromatic N) is 1. The molecule has 1 rings (SSSR count). The van der Waals surface area contributed by atoms with Gasteiger partial charge in [0.15, 0.2) is 16.6 Å². The predicted octanol–water partition coefficient (Wildman–Crippen LogP) is 7.38. The largest absolute Gasteiger partial charge is 0.598 e. The number of hydrogen-bond donors (Lipinski definition) is 1. The molecular weight excluding hydrogens is 508 g/mol. The van der Waals surface area contributed by atoms with Gasteiger partial charge in [0.25, 0.3) is 0 Å². The second-order valence-electron chi connectivity index (χ2n) is 13.9. The van der Waals surface area contributed by atoms with Crippen LogP contribution in [0.25, 0.3) is 0 Å². The minimum atomic E-state index is -2.33. The van der Waals surface area contributed by atoms with Gasteiger partial charge in [0.2, 0.25) is 0 Å². The van der Waals surface area contributed by atoms with Crippen LogP contribution >= 0.6 is 0 Å². The van der Waals surface area contributed by atoms with Gasteiger partial charge in [-0.3, -0.25) is 0 Å². The molecule has 1 N–H and O–H groups in total. The Bertz CT molecular complexity index is 946. The SMILES string of the molecule is CC(C)(C)[S@+]([O-])N[C@@](C)(c1ccc(F)c(C#N)c1)[C@@H](CO[Si](C)(C)C(C)(C)C)O[Si](C)(C)C(C)(C)C. The standard InChI is InChI=1S/C27H49FN2O3SSi2/c1-24(2,3)34(31)30-27(10,21-15-16-22(28)20(17-21)18-29)23(33-36(13,14)26(7,8)9)19-32-35(11,12)25(4,5)6/h15-17,23,30H,19H2,1-14H3/t23-,27+,34+/m1/s1. The van der Waals surface area contributed by atoms with Gasteiger partial charge in [-0.1, -0.05) is 47.6 Å². The van der Waals surface area contributed by atoms with Crippen LogP contribution in [0, 0.1) is 17.1 Å². The Labute approximate surface area is 225 Å². The van der Waals surface area contributed by atoms with Crippen molar-refractivity contribution in [1.82, 2.24) is 4.72 Å². The van der Waals surface area contributed by atoms with Crippen molar-refractivity contribution < 1.29 is 17.8 Å². The molecule has 0 radical (unpaired) electrons. The van der Waals surface area contributed by atoms with Gasteiger partial charge in [-0.05, 0) is 81.7 Å². The van der Waals surface area contributed by atoms with E-state index in [1.807, 2.05) is 33.8 Å². The number of nitriles is 1. The third-order valence-corrected chi connectivity index (χ3v) is 18.5. The molecule has 0 spiro atoms. The van der Waals surface area contributed by atoms with Crippen LogP contribution in [0.5, 0.6) is 0 Å². The number of hydrogen-bond acceptors (Lipinski definition) is 5. The molecule has 0 heterocycles. The molecule has 0 amide bonds. The average molecular weight is 557 g/mol. The van der Waals surface area contributed by atoms with E-state index in [2.05, 4.69) is 72.5 Å². The van der Waals surface area contributed by atoms with Gasteiger partial charge in [-0.15, -0.1) is 4.72 Å². The number of nitrogens with one attached hydrogen (secondary N) is 1. The molecule has 0 aliphatic carbocycles. The van der Waals surface area contributed by atoms with Crippen LogP contribution in [-0.2, 0) is 25.8 Å². The van der Waals surface area contributed by atoms with Crippen LogP contribution < -0.4 is 4.72 Å². The van der Waals surface area contributed by atoms with Gasteiger partial charge in [-0.2, -0.15) is 5.26 Å². The molecule has 5 nitrogen and oxygen atoms in total. The van der Waals surface area contributed by atoms with Crippen molar-refractivity contribution in [1.29, 1.82) is 5.26 Å². The topological polar surface area (TPSA) is 77.3 Å². The zero-order chi connectivity index (χ0) is 28.5. The van der Waals surface area contributed by atoms with E-state index in [9.17, 15) is 14.2 Å². The molecule has 3 atom stereocenters. The maximum atomic E-state index is 14.3. The monoisotopic (exact) mass is 556 g/mol. The number of rotatable bonds is 9. The predicted molar refractivity (Wildman–Crippen MR) is 155 cm³/mol.